The Kier molecular flexibility index (Phi) is 3.93. The molecule has 21 heavy (non-hydrogen) atoms. The van der Waals surface area contributed by atoms with E-state index in [9.17, 15) is 9.50 Å². The van der Waals surface area contributed by atoms with Crippen molar-refractivity contribution < 1.29 is 14.2 Å². The SMILES string of the molecule is CCOc1cc(-c2cccc(F)c2)c(C2CC2)cc1CO. The van der Waals surface area contributed by atoms with Crippen molar-refractivity contribution in [1.82, 2.24) is 0 Å². The molecule has 0 spiro atoms. The minimum absolute atomic E-state index is 0.0432. The molecule has 0 heterocycles. The molecule has 2 aromatic carbocycles. The molecule has 0 amide bonds. The van der Waals surface area contributed by atoms with E-state index >= 15 is 0 Å². The van der Waals surface area contributed by atoms with E-state index in [-0.39, 0.29) is 12.4 Å². The lowest BCUT2D eigenvalue weighted by Crippen LogP contribution is -2.00. The topological polar surface area (TPSA) is 29.5 Å². The average Bonchev–Trinajstić information content (AvgIpc) is 3.32. The standard InChI is InChI=1S/C18H19FO2/c1-2-21-18-10-17(13-4-3-5-15(19)8-13)16(12-6-7-12)9-14(18)11-20/h3-5,8-10,12,20H,2,6-7,11H2,1H3. The number of ether oxygens (including phenoxy) is 1. The first kappa shape index (κ1) is 14.1. The van der Waals surface area contributed by atoms with E-state index in [1.165, 1.54) is 11.6 Å². The number of rotatable bonds is 5. The molecule has 0 radical (unpaired) electrons. The molecule has 0 saturated heterocycles. The van der Waals surface area contributed by atoms with Gasteiger partial charge in [0.05, 0.1) is 13.2 Å². The van der Waals surface area contributed by atoms with Crippen LogP contribution in [0.15, 0.2) is 36.4 Å². The maximum absolute atomic E-state index is 13.5. The Bertz CT molecular complexity index is 648. The Morgan fingerprint density at radius 2 is 2.05 bits per heavy atom. The summed E-state index contributed by atoms with van der Waals surface area (Å²) in [6, 6.07) is 10.6. The van der Waals surface area contributed by atoms with Gasteiger partial charge in [0.2, 0.25) is 0 Å². The molecule has 0 atom stereocenters. The van der Waals surface area contributed by atoms with Crippen LogP contribution in [0, 0.1) is 5.82 Å². The van der Waals surface area contributed by atoms with E-state index in [0.29, 0.717) is 18.3 Å². The maximum Gasteiger partial charge on any atom is 0.125 e. The van der Waals surface area contributed by atoms with Gasteiger partial charge >= 0.3 is 0 Å². The van der Waals surface area contributed by atoms with Gasteiger partial charge < -0.3 is 9.84 Å². The van der Waals surface area contributed by atoms with E-state index in [0.717, 1.165) is 29.5 Å². The summed E-state index contributed by atoms with van der Waals surface area (Å²) >= 11 is 0. The van der Waals surface area contributed by atoms with Crippen molar-refractivity contribution in [2.24, 2.45) is 0 Å². The summed E-state index contributed by atoms with van der Waals surface area (Å²) in [6.45, 7) is 2.41. The molecule has 3 rings (SSSR count). The van der Waals surface area contributed by atoms with Crippen LogP contribution in [0.5, 0.6) is 5.75 Å². The maximum atomic E-state index is 13.5. The van der Waals surface area contributed by atoms with Crippen LogP contribution in [0.4, 0.5) is 4.39 Å². The molecule has 0 aliphatic heterocycles. The second kappa shape index (κ2) is 5.86. The minimum atomic E-state index is -0.238. The van der Waals surface area contributed by atoms with Crippen LogP contribution >= 0.6 is 0 Å². The van der Waals surface area contributed by atoms with Crippen molar-refractivity contribution in [3.8, 4) is 16.9 Å². The highest BCUT2D eigenvalue weighted by atomic mass is 19.1. The van der Waals surface area contributed by atoms with Crippen molar-refractivity contribution in [2.75, 3.05) is 6.61 Å². The third-order valence-electron chi connectivity index (χ3n) is 3.86. The Morgan fingerprint density at radius 1 is 1.24 bits per heavy atom. The first-order valence-electron chi connectivity index (χ1n) is 7.39. The van der Waals surface area contributed by atoms with Crippen molar-refractivity contribution in [1.29, 1.82) is 0 Å². The molecular weight excluding hydrogens is 267 g/mol. The van der Waals surface area contributed by atoms with Crippen LogP contribution in [0.3, 0.4) is 0 Å². The molecule has 0 aromatic heterocycles. The van der Waals surface area contributed by atoms with Crippen molar-refractivity contribution in [3.63, 3.8) is 0 Å². The molecule has 1 fully saturated rings. The highest BCUT2D eigenvalue weighted by molar-refractivity contribution is 5.71. The van der Waals surface area contributed by atoms with Gasteiger partial charge in [-0.1, -0.05) is 12.1 Å². The van der Waals surface area contributed by atoms with E-state index in [4.69, 9.17) is 4.74 Å². The van der Waals surface area contributed by atoms with E-state index in [1.807, 2.05) is 25.1 Å². The fraction of sp³-hybridized carbons (Fsp3) is 0.333. The average molecular weight is 286 g/mol. The van der Waals surface area contributed by atoms with Gasteiger partial charge in [0.15, 0.2) is 0 Å². The van der Waals surface area contributed by atoms with Gasteiger partial charge in [-0.15, -0.1) is 0 Å². The summed E-state index contributed by atoms with van der Waals surface area (Å²) in [5, 5.41) is 9.54. The van der Waals surface area contributed by atoms with Crippen LogP contribution in [0.2, 0.25) is 0 Å². The normalized spacial score (nSPS) is 14.2. The Hall–Kier alpha value is -1.87. The molecule has 110 valence electrons. The molecule has 0 unspecified atom stereocenters. The Labute approximate surface area is 124 Å². The predicted molar refractivity (Wildman–Crippen MR) is 80.9 cm³/mol. The number of hydrogen-bond donors (Lipinski definition) is 1. The summed E-state index contributed by atoms with van der Waals surface area (Å²) < 4.78 is 19.1. The lowest BCUT2D eigenvalue weighted by atomic mass is 9.94. The first-order chi connectivity index (χ1) is 10.2. The van der Waals surface area contributed by atoms with E-state index in [1.54, 1.807) is 12.1 Å². The van der Waals surface area contributed by atoms with Crippen molar-refractivity contribution in [2.45, 2.75) is 32.3 Å². The zero-order valence-corrected chi connectivity index (χ0v) is 12.1. The molecule has 0 bridgehead atoms. The van der Waals surface area contributed by atoms with E-state index in [2.05, 4.69) is 0 Å². The van der Waals surface area contributed by atoms with E-state index < -0.39 is 0 Å². The molecule has 1 aliphatic rings. The fourth-order valence-electron chi connectivity index (χ4n) is 2.70. The summed E-state index contributed by atoms with van der Waals surface area (Å²) in [5.74, 6) is 0.964. The number of aliphatic hydroxyl groups excluding tert-OH is 1. The molecule has 2 nitrogen and oxygen atoms in total. The second-order valence-electron chi connectivity index (χ2n) is 5.42. The highest BCUT2D eigenvalue weighted by Crippen LogP contribution is 2.46. The molecule has 1 aliphatic carbocycles. The van der Waals surface area contributed by atoms with Gasteiger partial charge in [-0.2, -0.15) is 0 Å². The zero-order valence-electron chi connectivity index (χ0n) is 12.1. The van der Waals surface area contributed by atoms with Gasteiger partial charge in [-0.05, 0) is 66.6 Å². The molecular formula is C18H19FO2. The third kappa shape index (κ3) is 2.93. The Morgan fingerprint density at radius 3 is 2.67 bits per heavy atom. The van der Waals surface area contributed by atoms with Crippen molar-refractivity contribution in [3.05, 3.63) is 53.3 Å². The smallest absolute Gasteiger partial charge is 0.125 e. The monoisotopic (exact) mass is 286 g/mol. The number of halogens is 1. The predicted octanol–water partition coefficient (Wildman–Crippen LogP) is 4.26. The lowest BCUT2D eigenvalue weighted by molar-refractivity contribution is 0.267. The molecule has 3 heteroatoms. The summed E-state index contributed by atoms with van der Waals surface area (Å²) in [6.07, 6.45) is 2.31. The third-order valence-corrected chi connectivity index (χ3v) is 3.86. The fourth-order valence-corrected chi connectivity index (χ4v) is 2.70. The van der Waals surface area contributed by atoms with Gasteiger partial charge in [0.1, 0.15) is 11.6 Å². The first-order valence-corrected chi connectivity index (χ1v) is 7.39. The minimum Gasteiger partial charge on any atom is -0.493 e. The molecule has 1 saturated carbocycles. The number of hydrogen-bond acceptors (Lipinski definition) is 2. The van der Waals surface area contributed by atoms with Crippen LogP contribution in [0.1, 0.15) is 36.8 Å². The molecule has 2 aromatic rings. The quantitative estimate of drug-likeness (QED) is 0.890. The Balaban J connectivity index is 2.14. The number of aliphatic hydroxyl groups is 1. The van der Waals surface area contributed by atoms with Crippen molar-refractivity contribution >= 4 is 0 Å². The van der Waals surface area contributed by atoms with Gasteiger partial charge in [0.25, 0.3) is 0 Å². The van der Waals surface area contributed by atoms with Crippen LogP contribution in [0.25, 0.3) is 11.1 Å². The second-order valence-corrected chi connectivity index (χ2v) is 5.42. The summed E-state index contributed by atoms with van der Waals surface area (Å²) in [4.78, 5) is 0. The summed E-state index contributed by atoms with van der Waals surface area (Å²) in [7, 11) is 0. The van der Waals surface area contributed by atoms with Gasteiger partial charge in [-0.3, -0.25) is 0 Å². The van der Waals surface area contributed by atoms with Crippen LogP contribution in [-0.4, -0.2) is 11.7 Å². The lowest BCUT2D eigenvalue weighted by Gasteiger charge is -2.16. The highest BCUT2D eigenvalue weighted by Gasteiger charge is 2.27. The zero-order chi connectivity index (χ0) is 14.8. The van der Waals surface area contributed by atoms with Crippen LogP contribution in [-0.2, 0) is 6.61 Å². The molecule has 1 N–H and O–H groups in total. The van der Waals surface area contributed by atoms with Gasteiger partial charge in [-0.25, -0.2) is 4.39 Å². The van der Waals surface area contributed by atoms with Crippen LogP contribution < -0.4 is 4.74 Å². The van der Waals surface area contributed by atoms with Gasteiger partial charge in [0, 0.05) is 5.56 Å². The largest absolute Gasteiger partial charge is 0.493 e. The number of benzene rings is 2. The summed E-state index contributed by atoms with van der Waals surface area (Å²) in [5.41, 5.74) is 3.87.